The Hall–Kier alpha value is -2.42. The minimum atomic E-state index is -0.0263. The summed E-state index contributed by atoms with van der Waals surface area (Å²) in [6.45, 7) is 4.89. The van der Waals surface area contributed by atoms with Crippen LogP contribution in [0.5, 0.6) is 0 Å². The SMILES string of the molecule is Cc1ccc(C2=NN(C(=O)c3ccccc3)CCC2)cc1C. The Morgan fingerprint density at radius 1 is 1.05 bits per heavy atom. The van der Waals surface area contributed by atoms with Gasteiger partial charge in [-0.15, -0.1) is 0 Å². The van der Waals surface area contributed by atoms with Crippen molar-refractivity contribution in [2.45, 2.75) is 26.7 Å². The van der Waals surface area contributed by atoms with Crippen LogP contribution in [0.2, 0.25) is 0 Å². The lowest BCUT2D eigenvalue weighted by molar-refractivity contribution is 0.0751. The average molecular weight is 292 g/mol. The van der Waals surface area contributed by atoms with E-state index in [4.69, 9.17) is 0 Å². The van der Waals surface area contributed by atoms with E-state index in [0.29, 0.717) is 12.1 Å². The number of benzene rings is 2. The summed E-state index contributed by atoms with van der Waals surface area (Å²) in [6, 6.07) is 15.7. The minimum Gasteiger partial charge on any atom is -0.267 e. The largest absolute Gasteiger partial charge is 0.273 e. The summed E-state index contributed by atoms with van der Waals surface area (Å²) < 4.78 is 0. The Morgan fingerprint density at radius 3 is 2.55 bits per heavy atom. The zero-order chi connectivity index (χ0) is 15.5. The van der Waals surface area contributed by atoms with Gasteiger partial charge >= 0.3 is 0 Å². The van der Waals surface area contributed by atoms with Gasteiger partial charge in [0.15, 0.2) is 0 Å². The summed E-state index contributed by atoms with van der Waals surface area (Å²) in [4.78, 5) is 12.5. The van der Waals surface area contributed by atoms with Crippen molar-refractivity contribution >= 4 is 11.6 Å². The van der Waals surface area contributed by atoms with Crippen LogP contribution >= 0.6 is 0 Å². The molecule has 0 N–H and O–H groups in total. The van der Waals surface area contributed by atoms with Crippen LogP contribution in [0.1, 0.15) is 39.9 Å². The van der Waals surface area contributed by atoms with Crippen molar-refractivity contribution in [2.24, 2.45) is 5.10 Å². The molecule has 22 heavy (non-hydrogen) atoms. The smallest absolute Gasteiger partial charge is 0.267 e. The highest BCUT2D eigenvalue weighted by molar-refractivity contribution is 6.03. The number of carbonyl (C=O) groups is 1. The number of aryl methyl sites for hydroxylation is 2. The summed E-state index contributed by atoms with van der Waals surface area (Å²) in [5.41, 5.74) is 5.34. The molecule has 3 rings (SSSR count). The molecule has 2 aromatic carbocycles. The highest BCUT2D eigenvalue weighted by Gasteiger charge is 2.20. The van der Waals surface area contributed by atoms with Gasteiger partial charge in [0.05, 0.1) is 5.71 Å². The number of nitrogens with zero attached hydrogens (tertiary/aromatic N) is 2. The third-order valence-electron chi connectivity index (χ3n) is 4.12. The fourth-order valence-corrected chi connectivity index (χ4v) is 2.64. The molecule has 0 aliphatic carbocycles. The monoisotopic (exact) mass is 292 g/mol. The summed E-state index contributed by atoms with van der Waals surface area (Å²) in [5.74, 6) is -0.0263. The first-order valence-electron chi connectivity index (χ1n) is 7.67. The van der Waals surface area contributed by atoms with Crippen LogP contribution in [0.25, 0.3) is 0 Å². The lowest BCUT2D eigenvalue weighted by Gasteiger charge is -2.24. The zero-order valence-electron chi connectivity index (χ0n) is 13.0. The van der Waals surface area contributed by atoms with E-state index in [2.05, 4.69) is 37.1 Å². The Bertz CT molecular complexity index is 719. The van der Waals surface area contributed by atoms with Gasteiger partial charge in [0.2, 0.25) is 0 Å². The molecule has 0 unspecified atom stereocenters. The first-order valence-corrected chi connectivity index (χ1v) is 7.67. The molecule has 3 heteroatoms. The lowest BCUT2D eigenvalue weighted by Crippen LogP contribution is -2.32. The van der Waals surface area contributed by atoms with Gasteiger partial charge in [-0.25, -0.2) is 5.01 Å². The maximum absolute atomic E-state index is 12.5. The van der Waals surface area contributed by atoms with Crippen LogP contribution in [-0.4, -0.2) is 23.2 Å². The molecule has 1 aliphatic heterocycles. The van der Waals surface area contributed by atoms with E-state index < -0.39 is 0 Å². The Kier molecular flexibility index (Phi) is 4.05. The molecule has 112 valence electrons. The predicted octanol–water partition coefficient (Wildman–Crippen LogP) is 3.94. The van der Waals surface area contributed by atoms with Gasteiger partial charge in [-0.3, -0.25) is 4.79 Å². The Labute approximate surface area is 131 Å². The fraction of sp³-hybridized carbons (Fsp3) is 0.263. The summed E-state index contributed by atoms with van der Waals surface area (Å²) in [6.07, 6.45) is 1.87. The number of amides is 1. The van der Waals surface area contributed by atoms with E-state index in [1.807, 2.05) is 30.3 Å². The van der Waals surface area contributed by atoms with Crippen molar-refractivity contribution < 1.29 is 4.79 Å². The van der Waals surface area contributed by atoms with Gasteiger partial charge in [0.1, 0.15) is 0 Å². The van der Waals surface area contributed by atoms with Gasteiger partial charge in [0.25, 0.3) is 5.91 Å². The standard InChI is InChI=1S/C19H20N2O/c1-14-10-11-17(13-15(14)2)18-9-6-12-21(20-18)19(22)16-7-4-3-5-8-16/h3-5,7-8,10-11,13H,6,9,12H2,1-2H3. The first-order chi connectivity index (χ1) is 10.6. The molecule has 1 heterocycles. The maximum atomic E-state index is 12.5. The van der Waals surface area contributed by atoms with Crippen LogP contribution < -0.4 is 0 Å². The van der Waals surface area contributed by atoms with Gasteiger partial charge in [-0.05, 0) is 61.6 Å². The third kappa shape index (κ3) is 2.93. The van der Waals surface area contributed by atoms with Crippen molar-refractivity contribution in [1.29, 1.82) is 0 Å². The summed E-state index contributed by atoms with van der Waals surface area (Å²) >= 11 is 0. The highest BCUT2D eigenvalue weighted by Crippen LogP contribution is 2.18. The number of hydrazone groups is 1. The van der Waals surface area contributed by atoms with Crippen LogP contribution in [-0.2, 0) is 0 Å². The second-order valence-electron chi connectivity index (χ2n) is 5.74. The minimum absolute atomic E-state index is 0.0263. The van der Waals surface area contributed by atoms with Gasteiger partial charge in [-0.1, -0.05) is 30.3 Å². The Balaban J connectivity index is 1.88. The van der Waals surface area contributed by atoms with Gasteiger partial charge < -0.3 is 0 Å². The molecule has 0 saturated heterocycles. The van der Waals surface area contributed by atoms with Gasteiger partial charge in [-0.2, -0.15) is 5.10 Å². The molecule has 0 radical (unpaired) electrons. The number of rotatable bonds is 2. The molecular weight excluding hydrogens is 272 g/mol. The van der Waals surface area contributed by atoms with Crippen molar-refractivity contribution in [3.63, 3.8) is 0 Å². The van der Waals surface area contributed by atoms with E-state index >= 15 is 0 Å². The van der Waals surface area contributed by atoms with E-state index in [0.717, 1.165) is 24.1 Å². The number of hydrogen-bond donors (Lipinski definition) is 0. The molecule has 0 aromatic heterocycles. The van der Waals surface area contributed by atoms with E-state index in [1.165, 1.54) is 11.1 Å². The molecule has 1 aliphatic rings. The first kappa shape index (κ1) is 14.5. The van der Waals surface area contributed by atoms with Gasteiger partial charge in [0, 0.05) is 12.1 Å². The fourth-order valence-electron chi connectivity index (χ4n) is 2.64. The topological polar surface area (TPSA) is 32.7 Å². The quantitative estimate of drug-likeness (QED) is 0.825. The van der Waals surface area contributed by atoms with E-state index in [1.54, 1.807) is 5.01 Å². The second kappa shape index (κ2) is 6.14. The molecular formula is C19H20N2O. The zero-order valence-corrected chi connectivity index (χ0v) is 13.0. The van der Waals surface area contributed by atoms with Crippen LogP contribution in [0, 0.1) is 13.8 Å². The molecule has 0 saturated carbocycles. The van der Waals surface area contributed by atoms with E-state index in [9.17, 15) is 4.79 Å². The molecule has 0 bridgehead atoms. The van der Waals surface area contributed by atoms with Crippen LogP contribution in [0.3, 0.4) is 0 Å². The Morgan fingerprint density at radius 2 is 1.82 bits per heavy atom. The van der Waals surface area contributed by atoms with Crippen LogP contribution in [0.4, 0.5) is 0 Å². The average Bonchev–Trinajstić information content (AvgIpc) is 2.57. The number of hydrogen-bond acceptors (Lipinski definition) is 2. The molecule has 2 aromatic rings. The van der Waals surface area contributed by atoms with Crippen molar-refractivity contribution in [1.82, 2.24) is 5.01 Å². The molecule has 0 spiro atoms. The van der Waals surface area contributed by atoms with Crippen molar-refractivity contribution in [3.05, 3.63) is 70.8 Å². The third-order valence-corrected chi connectivity index (χ3v) is 4.12. The van der Waals surface area contributed by atoms with Crippen LogP contribution in [0.15, 0.2) is 53.6 Å². The second-order valence-corrected chi connectivity index (χ2v) is 5.74. The summed E-state index contributed by atoms with van der Waals surface area (Å²) in [7, 11) is 0. The lowest BCUT2D eigenvalue weighted by atomic mass is 10.00. The van der Waals surface area contributed by atoms with Crippen molar-refractivity contribution in [2.75, 3.05) is 6.54 Å². The molecule has 0 fully saturated rings. The normalized spacial score (nSPS) is 14.6. The maximum Gasteiger partial charge on any atom is 0.273 e. The molecule has 1 amide bonds. The van der Waals surface area contributed by atoms with Crippen molar-refractivity contribution in [3.8, 4) is 0 Å². The molecule has 3 nitrogen and oxygen atoms in total. The molecule has 0 atom stereocenters. The number of carbonyl (C=O) groups excluding carboxylic acids is 1. The summed E-state index contributed by atoms with van der Waals surface area (Å²) in [5, 5.41) is 6.20. The highest BCUT2D eigenvalue weighted by atomic mass is 16.2. The predicted molar refractivity (Wildman–Crippen MR) is 89.2 cm³/mol. The van der Waals surface area contributed by atoms with E-state index in [-0.39, 0.29) is 5.91 Å².